The average Bonchev–Trinajstić information content (AvgIpc) is 3.44. The van der Waals surface area contributed by atoms with Gasteiger partial charge in [-0.15, -0.1) is 5.10 Å². The zero-order valence-electron chi connectivity index (χ0n) is 20.7. The van der Waals surface area contributed by atoms with Gasteiger partial charge in [0, 0.05) is 23.5 Å². The summed E-state index contributed by atoms with van der Waals surface area (Å²) in [6, 6.07) is 8.30. The molecule has 3 heterocycles. The van der Waals surface area contributed by atoms with Crippen molar-refractivity contribution in [3.05, 3.63) is 47.0 Å². The lowest BCUT2D eigenvalue weighted by Crippen LogP contribution is -2.41. The van der Waals surface area contributed by atoms with Crippen LogP contribution in [0.5, 0.6) is 0 Å². The number of aryl methyl sites for hydroxylation is 3. The third kappa shape index (κ3) is 5.05. The third-order valence-electron chi connectivity index (χ3n) is 6.94. The van der Waals surface area contributed by atoms with E-state index in [1.54, 1.807) is 0 Å². The summed E-state index contributed by atoms with van der Waals surface area (Å²) >= 11 is 1.49. The van der Waals surface area contributed by atoms with Crippen LogP contribution in [-0.4, -0.2) is 47.0 Å². The highest BCUT2D eigenvalue weighted by Gasteiger charge is 2.25. The third-order valence-corrected chi connectivity index (χ3v) is 8.24. The molecule has 1 unspecified atom stereocenters. The van der Waals surface area contributed by atoms with E-state index in [-0.39, 0.29) is 11.2 Å². The molecule has 4 aromatic rings. The van der Waals surface area contributed by atoms with E-state index in [1.807, 2.05) is 42.6 Å². The maximum atomic E-state index is 13.1. The fraction of sp³-hybridized carbons (Fsp3) is 0.500. The lowest BCUT2D eigenvalue weighted by atomic mass is 9.95. The number of hydrogen-bond donors (Lipinski definition) is 2. The first-order chi connectivity index (χ1) is 17.0. The topological polar surface area (TPSA) is 101 Å². The first kappa shape index (κ1) is 23.8. The van der Waals surface area contributed by atoms with Crippen LogP contribution in [0.1, 0.15) is 68.2 Å². The SMILES string of the molecule is CCC(Sc1nc2ccccc2c2nc(CCc3c(C)n[nH]c3C)nn12)C(=O)NC1CCCCC1. The first-order valence-corrected chi connectivity index (χ1v) is 13.5. The number of thioether (sulfide) groups is 1. The number of aromatic nitrogens is 6. The number of carbonyl (C=O) groups excluding carboxylic acids is 1. The van der Waals surface area contributed by atoms with Crippen LogP contribution >= 0.6 is 11.8 Å². The molecule has 0 aliphatic heterocycles. The molecule has 0 bridgehead atoms. The second-order valence-corrected chi connectivity index (χ2v) is 10.6. The number of nitrogens with one attached hydrogen (secondary N) is 2. The fourth-order valence-electron chi connectivity index (χ4n) is 4.93. The highest BCUT2D eigenvalue weighted by molar-refractivity contribution is 8.00. The highest BCUT2D eigenvalue weighted by atomic mass is 32.2. The van der Waals surface area contributed by atoms with Crippen molar-refractivity contribution in [2.75, 3.05) is 0 Å². The number of aromatic amines is 1. The second kappa shape index (κ2) is 10.4. The Balaban J connectivity index is 1.43. The average molecular weight is 492 g/mol. The number of fused-ring (bicyclic) bond motifs is 3. The van der Waals surface area contributed by atoms with E-state index in [4.69, 9.17) is 15.1 Å². The zero-order chi connectivity index (χ0) is 24.4. The fourth-order valence-corrected chi connectivity index (χ4v) is 5.90. The molecule has 1 amide bonds. The van der Waals surface area contributed by atoms with Crippen LogP contribution in [0.4, 0.5) is 0 Å². The lowest BCUT2D eigenvalue weighted by molar-refractivity contribution is -0.121. The van der Waals surface area contributed by atoms with E-state index >= 15 is 0 Å². The van der Waals surface area contributed by atoms with E-state index in [2.05, 4.69) is 22.4 Å². The lowest BCUT2D eigenvalue weighted by Gasteiger charge is -2.25. The van der Waals surface area contributed by atoms with Crippen molar-refractivity contribution in [1.29, 1.82) is 0 Å². The first-order valence-electron chi connectivity index (χ1n) is 12.7. The molecule has 35 heavy (non-hydrogen) atoms. The summed E-state index contributed by atoms with van der Waals surface area (Å²) in [6.07, 6.45) is 8.07. The molecule has 1 aliphatic rings. The Labute approximate surface area is 209 Å². The van der Waals surface area contributed by atoms with E-state index in [9.17, 15) is 4.79 Å². The molecular weight excluding hydrogens is 458 g/mol. The van der Waals surface area contributed by atoms with Gasteiger partial charge < -0.3 is 5.32 Å². The Morgan fingerprint density at radius 2 is 1.97 bits per heavy atom. The molecular formula is C26H33N7OS. The van der Waals surface area contributed by atoms with Gasteiger partial charge in [-0.05, 0) is 57.2 Å². The number of benzene rings is 1. The van der Waals surface area contributed by atoms with Gasteiger partial charge in [-0.2, -0.15) is 9.61 Å². The predicted molar refractivity (Wildman–Crippen MR) is 139 cm³/mol. The molecule has 1 atom stereocenters. The second-order valence-electron chi connectivity index (χ2n) is 9.45. The monoisotopic (exact) mass is 491 g/mol. The minimum Gasteiger partial charge on any atom is -0.352 e. The molecule has 0 spiro atoms. The molecule has 1 aromatic carbocycles. The summed E-state index contributed by atoms with van der Waals surface area (Å²) in [4.78, 5) is 22.9. The highest BCUT2D eigenvalue weighted by Crippen LogP contribution is 2.29. The van der Waals surface area contributed by atoms with Crippen molar-refractivity contribution in [2.45, 2.75) is 88.6 Å². The number of rotatable bonds is 8. The van der Waals surface area contributed by atoms with Gasteiger partial charge in [0.05, 0.1) is 16.5 Å². The Morgan fingerprint density at radius 3 is 2.71 bits per heavy atom. The minimum absolute atomic E-state index is 0.0961. The maximum absolute atomic E-state index is 13.1. The minimum atomic E-state index is -0.224. The molecule has 0 saturated heterocycles. The summed E-state index contributed by atoms with van der Waals surface area (Å²) in [7, 11) is 0. The van der Waals surface area contributed by atoms with Gasteiger partial charge in [0.2, 0.25) is 5.91 Å². The van der Waals surface area contributed by atoms with Crippen molar-refractivity contribution >= 4 is 34.2 Å². The number of amides is 1. The number of hydrogen-bond acceptors (Lipinski definition) is 6. The van der Waals surface area contributed by atoms with Crippen LogP contribution in [-0.2, 0) is 17.6 Å². The van der Waals surface area contributed by atoms with Crippen LogP contribution < -0.4 is 5.32 Å². The van der Waals surface area contributed by atoms with Crippen LogP contribution in [0.2, 0.25) is 0 Å². The van der Waals surface area contributed by atoms with Gasteiger partial charge >= 0.3 is 0 Å². The van der Waals surface area contributed by atoms with Crippen molar-refractivity contribution in [2.24, 2.45) is 0 Å². The zero-order valence-corrected chi connectivity index (χ0v) is 21.5. The van der Waals surface area contributed by atoms with Crippen LogP contribution in [0, 0.1) is 13.8 Å². The summed E-state index contributed by atoms with van der Waals surface area (Å²) in [5, 5.41) is 16.9. The van der Waals surface area contributed by atoms with Gasteiger partial charge in [-0.25, -0.2) is 9.97 Å². The Hall–Kier alpha value is -2.94. The molecule has 2 N–H and O–H groups in total. The summed E-state index contributed by atoms with van der Waals surface area (Å²) in [6.45, 7) is 6.12. The molecule has 184 valence electrons. The van der Waals surface area contributed by atoms with E-state index < -0.39 is 0 Å². The van der Waals surface area contributed by atoms with E-state index in [1.165, 1.54) is 36.6 Å². The smallest absolute Gasteiger partial charge is 0.233 e. The molecule has 5 rings (SSSR count). The van der Waals surface area contributed by atoms with Gasteiger partial charge in [-0.3, -0.25) is 9.89 Å². The van der Waals surface area contributed by atoms with Crippen molar-refractivity contribution in [1.82, 2.24) is 35.1 Å². The number of H-pyrrole nitrogens is 1. The normalized spacial score (nSPS) is 15.6. The van der Waals surface area contributed by atoms with E-state index in [0.29, 0.717) is 17.6 Å². The van der Waals surface area contributed by atoms with Crippen molar-refractivity contribution in [3.63, 3.8) is 0 Å². The molecule has 1 fully saturated rings. The summed E-state index contributed by atoms with van der Waals surface area (Å²) in [5.74, 6) is 0.864. The quantitative estimate of drug-likeness (QED) is 0.273. The number of para-hydroxylation sites is 1. The molecule has 0 radical (unpaired) electrons. The Bertz CT molecular complexity index is 1320. The number of nitrogens with zero attached hydrogens (tertiary/aromatic N) is 5. The van der Waals surface area contributed by atoms with Crippen molar-refractivity contribution < 1.29 is 4.79 Å². The summed E-state index contributed by atoms with van der Waals surface area (Å²) < 4.78 is 1.83. The Morgan fingerprint density at radius 1 is 1.17 bits per heavy atom. The van der Waals surface area contributed by atoms with Crippen LogP contribution in [0.15, 0.2) is 29.4 Å². The molecule has 3 aromatic heterocycles. The molecule has 1 aliphatic carbocycles. The van der Waals surface area contributed by atoms with E-state index in [0.717, 1.165) is 59.4 Å². The van der Waals surface area contributed by atoms with Gasteiger partial charge in [0.15, 0.2) is 16.6 Å². The molecule has 8 nitrogen and oxygen atoms in total. The predicted octanol–water partition coefficient (Wildman–Crippen LogP) is 4.72. The summed E-state index contributed by atoms with van der Waals surface area (Å²) in [5.41, 5.74) is 4.97. The van der Waals surface area contributed by atoms with Crippen molar-refractivity contribution in [3.8, 4) is 0 Å². The maximum Gasteiger partial charge on any atom is 0.233 e. The van der Waals surface area contributed by atoms with Gasteiger partial charge in [0.25, 0.3) is 0 Å². The standard InChI is InChI=1S/C26H33N7OS/c1-4-22(25(34)27-18-10-6-5-7-11-18)35-26-28-21-13-9-8-12-20(21)24-29-23(32-33(24)26)15-14-19-16(2)30-31-17(19)3/h8-9,12-13,18,22H,4-7,10-11,14-15H2,1-3H3,(H,27,34)(H,30,31). The number of carbonyl (C=O) groups is 1. The molecule has 1 saturated carbocycles. The van der Waals surface area contributed by atoms with Gasteiger partial charge in [-0.1, -0.05) is 50.1 Å². The van der Waals surface area contributed by atoms with Gasteiger partial charge in [0.1, 0.15) is 0 Å². The largest absolute Gasteiger partial charge is 0.352 e. The molecule has 9 heteroatoms. The Kier molecular flexibility index (Phi) is 7.04. The van der Waals surface area contributed by atoms with Crippen LogP contribution in [0.3, 0.4) is 0 Å². The van der Waals surface area contributed by atoms with Crippen LogP contribution in [0.25, 0.3) is 16.6 Å².